The summed E-state index contributed by atoms with van der Waals surface area (Å²) >= 11 is 0. The second-order valence-corrected chi connectivity index (χ2v) is 11.7. The molecule has 0 radical (unpaired) electrons. The zero-order chi connectivity index (χ0) is 25.1. The molecule has 3 aliphatic rings. The number of carbonyl (C=O) groups excluding carboxylic acids is 2. The third-order valence-corrected chi connectivity index (χ3v) is 8.66. The number of amides is 2. The first kappa shape index (κ1) is 25.3. The molecule has 3 aliphatic heterocycles. The van der Waals surface area contributed by atoms with Crippen LogP contribution in [-0.4, -0.2) is 73.4 Å². The minimum absolute atomic E-state index is 0.0819. The van der Waals surface area contributed by atoms with E-state index in [1.54, 1.807) is 6.20 Å². The van der Waals surface area contributed by atoms with E-state index in [2.05, 4.69) is 34.5 Å². The molecular weight excluding hydrogens is 472 g/mol. The van der Waals surface area contributed by atoms with Crippen molar-refractivity contribution in [2.75, 3.05) is 32.5 Å². The lowest BCUT2D eigenvalue weighted by Crippen LogP contribution is -2.52. The van der Waals surface area contributed by atoms with Crippen LogP contribution in [-0.2, 0) is 30.8 Å². The molecule has 2 N–H and O–H groups in total. The number of nitrogens with one attached hydrogen (secondary N) is 2. The number of nitrogens with zero attached hydrogens (tertiary/aromatic N) is 2. The molecule has 1 aromatic heterocycles. The Bertz CT molecular complexity index is 1210. The van der Waals surface area contributed by atoms with Crippen LogP contribution in [0.15, 0.2) is 12.3 Å². The van der Waals surface area contributed by atoms with Crippen LogP contribution in [0, 0.1) is 29.6 Å². The highest BCUT2D eigenvalue weighted by Gasteiger charge is 2.45. The van der Waals surface area contributed by atoms with Gasteiger partial charge in [0.15, 0.2) is 20.9 Å². The van der Waals surface area contributed by atoms with Crippen LogP contribution in [0.25, 0.3) is 0 Å². The normalized spacial score (nSPS) is 21.6. The van der Waals surface area contributed by atoms with E-state index >= 15 is 0 Å². The number of hydroxylamine groups is 1. The van der Waals surface area contributed by atoms with Crippen molar-refractivity contribution < 1.29 is 27.6 Å². The summed E-state index contributed by atoms with van der Waals surface area (Å²) in [5, 5.41) is 3.15. The fourth-order valence-corrected chi connectivity index (χ4v) is 4.79. The van der Waals surface area contributed by atoms with Gasteiger partial charge in [-0.25, -0.2) is 23.5 Å². The smallest absolute Gasteiger partial charge is 0.328 e. The van der Waals surface area contributed by atoms with Crippen LogP contribution < -0.4 is 10.8 Å². The molecule has 1 aromatic rings. The highest BCUT2D eigenvalue weighted by atomic mass is 32.2. The van der Waals surface area contributed by atoms with Gasteiger partial charge in [0.05, 0.1) is 6.54 Å². The molecule has 35 heavy (non-hydrogen) atoms. The van der Waals surface area contributed by atoms with Gasteiger partial charge < -0.3 is 15.0 Å². The quantitative estimate of drug-likeness (QED) is 0.414. The van der Waals surface area contributed by atoms with Crippen LogP contribution in [0.4, 0.5) is 4.79 Å². The van der Waals surface area contributed by atoms with E-state index < -0.39 is 26.8 Å². The van der Waals surface area contributed by atoms with Crippen LogP contribution >= 0.6 is 0 Å². The summed E-state index contributed by atoms with van der Waals surface area (Å²) in [6.45, 7) is 4.04. The number of ether oxygens (including phenoxy) is 1. The molecule has 2 amide bonds. The number of rotatable bonds is 7. The van der Waals surface area contributed by atoms with Gasteiger partial charge in [-0.15, -0.1) is 0 Å². The molecule has 4 rings (SSSR count). The van der Waals surface area contributed by atoms with E-state index in [0.29, 0.717) is 31.1 Å². The molecular formula is C24H30N4O6S. The van der Waals surface area contributed by atoms with Crippen molar-refractivity contribution in [2.24, 2.45) is 5.92 Å². The largest absolute Gasteiger partial charge is 0.350 e. The van der Waals surface area contributed by atoms with E-state index in [1.165, 1.54) is 16.4 Å². The number of hydrogen-bond donors (Lipinski definition) is 2. The van der Waals surface area contributed by atoms with Gasteiger partial charge in [0, 0.05) is 62.3 Å². The van der Waals surface area contributed by atoms with Crippen LogP contribution in [0.5, 0.6) is 0 Å². The SMILES string of the molecule is CC(CCN1Cc2cc(C#CC#CC3CNC3)cn2C1=O)(C(=O)NOC1CCCCO1)S(C)(=O)=O. The number of fused-ring (bicyclic) bond motifs is 1. The van der Waals surface area contributed by atoms with Crippen molar-refractivity contribution in [3.63, 3.8) is 0 Å². The van der Waals surface area contributed by atoms with Crippen LogP contribution in [0.2, 0.25) is 0 Å². The number of sulfone groups is 1. The summed E-state index contributed by atoms with van der Waals surface area (Å²) in [4.78, 5) is 32.5. The molecule has 0 bridgehead atoms. The maximum Gasteiger partial charge on any atom is 0.328 e. The molecule has 10 nitrogen and oxygen atoms in total. The Morgan fingerprint density at radius 1 is 1.34 bits per heavy atom. The van der Waals surface area contributed by atoms with Crippen LogP contribution in [0.1, 0.15) is 43.9 Å². The first-order valence-electron chi connectivity index (χ1n) is 11.7. The molecule has 2 unspecified atom stereocenters. The van der Waals surface area contributed by atoms with Gasteiger partial charge in [-0.3, -0.25) is 9.36 Å². The van der Waals surface area contributed by atoms with E-state index in [-0.39, 0.29) is 19.0 Å². The average molecular weight is 503 g/mol. The Labute approximate surface area is 205 Å². The second kappa shape index (κ2) is 10.4. The molecule has 0 saturated carbocycles. The number of aromatic nitrogens is 1. The van der Waals surface area contributed by atoms with Gasteiger partial charge in [-0.2, -0.15) is 0 Å². The molecule has 2 saturated heterocycles. The van der Waals surface area contributed by atoms with E-state index in [4.69, 9.17) is 9.57 Å². The third kappa shape index (κ3) is 5.71. The molecule has 11 heteroatoms. The monoisotopic (exact) mass is 502 g/mol. The van der Waals surface area contributed by atoms with Crippen molar-refractivity contribution in [1.82, 2.24) is 20.3 Å². The summed E-state index contributed by atoms with van der Waals surface area (Å²) in [5.41, 5.74) is 3.70. The summed E-state index contributed by atoms with van der Waals surface area (Å²) < 4.78 is 30.2. The Hall–Kier alpha value is -2.83. The molecule has 0 aromatic carbocycles. The van der Waals surface area contributed by atoms with Crippen molar-refractivity contribution in [1.29, 1.82) is 0 Å². The zero-order valence-corrected chi connectivity index (χ0v) is 20.7. The molecule has 2 atom stereocenters. The Kier molecular flexibility index (Phi) is 7.53. The minimum atomic E-state index is -3.82. The topological polar surface area (TPSA) is 119 Å². The van der Waals surface area contributed by atoms with Gasteiger partial charge in [0.25, 0.3) is 5.91 Å². The highest BCUT2D eigenvalue weighted by molar-refractivity contribution is 7.92. The van der Waals surface area contributed by atoms with E-state index in [0.717, 1.165) is 37.9 Å². The zero-order valence-electron chi connectivity index (χ0n) is 19.9. The van der Waals surface area contributed by atoms with Crippen molar-refractivity contribution in [2.45, 2.75) is 50.2 Å². The van der Waals surface area contributed by atoms with Crippen molar-refractivity contribution in [3.8, 4) is 23.7 Å². The first-order valence-corrected chi connectivity index (χ1v) is 13.6. The predicted molar refractivity (Wildman–Crippen MR) is 127 cm³/mol. The van der Waals surface area contributed by atoms with Crippen LogP contribution in [0.3, 0.4) is 0 Å². The lowest BCUT2D eigenvalue weighted by atomic mass is 10.1. The fraction of sp³-hybridized carbons (Fsp3) is 0.583. The second-order valence-electron chi connectivity index (χ2n) is 9.27. The van der Waals surface area contributed by atoms with Gasteiger partial charge in [-0.05, 0) is 44.1 Å². The first-order chi connectivity index (χ1) is 16.7. The summed E-state index contributed by atoms with van der Waals surface area (Å²) in [5.74, 6) is 11.3. The highest BCUT2D eigenvalue weighted by Crippen LogP contribution is 2.26. The summed E-state index contributed by atoms with van der Waals surface area (Å²) in [7, 11) is -3.82. The van der Waals surface area contributed by atoms with E-state index in [9.17, 15) is 18.0 Å². The van der Waals surface area contributed by atoms with Gasteiger partial charge in [0.1, 0.15) is 0 Å². The lowest BCUT2D eigenvalue weighted by molar-refractivity contribution is -0.201. The molecule has 0 spiro atoms. The molecule has 0 aliphatic carbocycles. The summed E-state index contributed by atoms with van der Waals surface area (Å²) in [6.07, 6.45) is 4.42. The number of hydrogen-bond acceptors (Lipinski definition) is 7. The molecule has 4 heterocycles. The van der Waals surface area contributed by atoms with Gasteiger partial charge >= 0.3 is 6.03 Å². The maximum absolute atomic E-state index is 12.9. The third-order valence-electron chi connectivity index (χ3n) is 6.63. The lowest BCUT2D eigenvalue weighted by Gasteiger charge is -2.29. The van der Waals surface area contributed by atoms with Crippen molar-refractivity contribution >= 4 is 21.8 Å². The summed E-state index contributed by atoms with van der Waals surface area (Å²) in [6, 6.07) is 1.53. The number of carbonyl (C=O) groups is 2. The predicted octanol–water partition coefficient (Wildman–Crippen LogP) is 0.614. The van der Waals surface area contributed by atoms with Gasteiger partial charge in [-0.1, -0.05) is 11.8 Å². The Morgan fingerprint density at radius 3 is 2.77 bits per heavy atom. The van der Waals surface area contributed by atoms with Crippen molar-refractivity contribution in [3.05, 3.63) is 23.5 Å². The fourth-order valence-electron chi connectivity index (χ4n) is 3.95. The standard InChI is InChI=1S/C24H30N4O6S/c1-24(35(2,31)32,22(29)26-34-21-9-5-6-12-33-21)10-11-27-17-20-13-18(16-28(20)23(27)30)7-3-4-8-19-14-25-15-19/h13,16,19,21,25H,5-6,9-12,14-15,17H2,1-2H3,(H,26,29). The molecule has 188 valence electrons. The molecule has 2 fully saturated rings. The Morgan fingerprint density at radius 2 is 2.14 bits per heavy atom. The minimum Gasteiger partial charge on any atom is -0.350 e. The van der Waals surface area contributed by atoms with Gasteiger partial charge in [0.2, 0.25) is 0 Å². The maximum atomic E-state index is 12.9. The Balaban J connectivity index is 1.35. The van der Waals surface area contributed by atoms with E-state index in [1.807, 2.05) is 6.07 Å². The average Bonchev–Trinajstić information content (AvgIpc) is 3.32.